The van der Waals surface area contributed by atoms with E-state index in [1.54, 1.807) is 0 Å². The molecule has 1 aliphatic carbocycles. The first-order valence-electron chi connectivity index (χ1n) is 22.2. The summed E-state index contributed by atoms with van der Waals surface area (Å²) >= 11 is 0. The van der Waals surface area contributed by atoms with Crippen molar-refractivity contribution in [2.75, 3.05) is 4.90 Å². The van der Waals surface area contributed by atoms with Crippen molar-refractivity contribution in [1.82, 2.24) is 8.97 Å². The van der Waals surface area contributed by atoms with Crippen molar-refractivity contribution >= 4 is 94.0 Å². The Morgan fingerprint density at radius 1 is 0.422 bits per heavy atom. The number of aromatic nitrogens is 2. The normalized spacial score (nSPS) is 12.8. The Morgan fingerprint density at radius 3 is 1.77 bits per heavy atom. The van der Waals surface area contributed by atoms with Crippen molar-refractivity contribution in [2.24, 2.45) is 0 Å². The number of allylic oxidation sites excluding steroid dienone is 1. The molecule has 14 rings (SSSR count). The lowest BCUT2D eigenvalue weighted by Gasteiger charge is -2.27. The van der Waals surface area contributed by atoms with Gasteiger partial charge in [-0.1, -0.05) is 140 Å². The molecule has 9 aromatic carbocycles. The van der Waals surface area contributed by atoms with Crippen molar-refractivity contribution in [1.29, 1.82) is 0 Å². The number of benzene rings is 9. The van der Waals surface area contributed by atoms with Crippen LogP contribution in [0.5, 0.6) is 0 Å². The van der Waals surface area contributed by atoms with Gasteiger partial charge < -0.3 is 18.3 Å². The van der Waals surface area contributed by atoms with Gasteiger partial charge in [0.25, 0.3) is 0 Å². The second-order valence-electron chi connectivity index (χ2n) is 17.2. The van der Waals surface area contributed by atoms with Gasteiger partial charge in [-0.25, -0.2) is 0 Å². The van der Waals surface area contributed by atoms with E-state index in [9.17, 15) is 0 Å². The zero-order chi connectivity index (χ0) is 41.9. The van der Waals surface area contributed by atoms with Crippen molar-refractivity contribution < 1.29 is 4.42 Å². The number of hydrogen-bond acceptors (Lipinski definition) is 2. The average Bonchev–Trinajstić information content (AvgIpc) is 4.11. The van der Waals surface area contributed by atoms with Gasteiger partial charge in [0, 0.05) is 66.8 Å². The Bertz CT molecular complexity index is 4000. The topological polar surface area (TPSA) is 25.7 Å². The fraction of sp³-hybridized carbons (Fsp3) is 0.0333. The molecule has 0 fully saturated rings. The van der Waals surface area contributed by atoms with Crippen LogP contribution >= 0.6 is 0 Å². The predicted molar refractivity (Wildman–Crippen MR) is 268 cm³/mol. The fourth-order valence-electron chi connectivity index (χ4n) is 10.8. The Kier molecular flexibility index (Phi) is 7.48. The first kappa shape index (κ1) is 35.3. The lowest BCUT2D eigenvalue weighted by atomic mass is 9.98. The van der Waals surface area contributed by atoms with Crippen LogP contribution in [0, 0.1) is 0 Å². The van der Waals surface area contributed by atoms with E-state index in [-0.39, 0.29) is 0 Å². The number of rotatable bonds is 6. The molecule has 4 aromatic heterocycles. The maximum Gasteiger partial charge on any atom is 0.134 e. The zero-order valence-corrected chi connectivity index (χ0v) is 34.9. The van der Waals surface area contributed by atoms with E-state index in [4.69, 9.17) is 4.42 Å². The second-order valence-corrected chi connectivity index (χ2v) is 17.2. The second kappa shape index (κ2) is 13.6. The van der Waals surface area contributed by atoms with Crippen molar-refractivity contribution in [3.8, 4) is 27.9 Å². The number of hydrogen-bond donors (Lipinski definition) is 0. The molecule has 0 saturated carbocycles. The molecule has 0 spiro atoms. The lowest BCUT2D eigenvalue weighted by Crippen LogP contribution is -2.11. The van der Waals surface area contributed by atoms with Crippen LogP contribution in [-0.4, -0.2) is 8.97 Å². The van der Waals surface area contributed by atoms with Crippen LogP contribution in [0.2, 0.25) is 0 Å². The Labute approximate surface area is 369 Å². The molecule has 0 radical (unpaired) electrons. The molecular weight excluding hydrogens is 779 g/mol. The minimum Gasteiger partial charge on any atom is -0.460 e. The maximum absolute atomic E-state index is 6.26. The maximum atomic E-state index is 6.26. The first-order valence-corrected chi connectivity index (χ1v) is 22.2. The van der Waals surface area contributed by atoms with Gasteiger partial charge >= 0.3 is 0 Å². The summed E-state index contributed by atoms with van der Waals surface area (Å²) < 4.78 is 11.1. The molecule has 4 nitrogen and oxygen atoms in total. The van der Waals surface area contributed by atoms with E-state index < -0.39 is 0 Å². The summed E-state index contributed by atoms with van der Waals surface area (Å²) in [4.78, 5) is 2.44. The number of nitrogens with zero attached hydrogens (tertiary/aromatic N) is 3. The average molecular weight is 818 g/mol. The van der Waals surface area contributed by atoms with Crippen LogP contribution in [0.1, 0.15) is 17.7 Å². The Balaban J connectivity index is 0.937. The van der Waals surface area contributed by atoms with Crippen LogP contribution in [-0.2, 0) is 6.42 Å². The number of para-hydroxylation sites is 5. The van der Waals surface area contributed by atoms with E-state index in [0.717, 1.165) is 46.9 Å². The van der Waals surface area contributed by atoms with E-state index in [0.29, 0.717) is 0 Å². The summed E-state index contributed by atoms with van der Waals surface area (Å²) in [7, 11) is 0. The first-order chi connectivity index (χ1) is 31.7. The van der Waals surface area contributed by atoms with Gasteiger partial charge in [0.2, 0.25) is 0 Å². The van der Waals surface area contributed by atoms with Gasteiger partial charge in [-0.3, -0.25) is 0 Å². The summed E-state index contributed by atoms with van der Waals surface area (Å²) in [5.41, 5.74) is 17.4. The van der Waals surface area contributed by atoms with Crippen LogP contribution in [0.15, 0.2) is 211 Å². The standard InChI is InChI=1S/C60H39N3O/c1-2-12-42(13-3-1)62-53-20-7-4-14-45(53)47-34-28-41(37-56(47)62)39-26-32-44(33-27-39)61(43-30-24-38(25-31-43)40-29-35-58-52(36-40)48-16-6-9-23-57(48)64-58)55-22-11-19-51-50-18-10-17-49-46-15-5-8-21-54(46)63(59(49)50)60(51)55/h1-8,10-22,24-37H,9,23H2. The van der Waals surface area contributed by atoms with Crippen LogP contribution < -0.4 is 4.90 Å². The van der Waals surface area contributed by atoms with Crippen LogP contribution in [0.25, 0.3) is 105 Å². The molecule has 300 valence electrons. The highest BCUT2D eigenvalue weighted by molar-refractivity contribution is 6.25. The molecule has 0 aliphatic heterocycles. The van der Waals surface area contributed by atoms with Gasteiger partial charge in [0.1, 0.15) is 11.3 Å². The Morgan fingerprint density at radius 2 is 1.00 bits per heavy atom. The van der Waals surface area contributed by atoms with E-state index in [1.807, 2.05) is 0 Å². The number of aryl methyl sites for hydroxylation is 1. The minimum atomic E-state index is 0.953. The van der Waals surface area contributed by atoms with Crippen LogP contribution in [0.3, 0.4) is 0 Å². The van der Waals surface area contributed by atoms with Crippen molar-refractivity contribution in [2.45, 2.75) is 12.8 Å². The van der Waals surface area contributed by atoms with Gasteiger partial charge in [-0.15, -0.1) is 0 Å². The van der Waals surface area contributed by atoms with Crippen molar-refractivity contribution in [3.05, 3.63) is 218 Å². The third-order valence-corrected chi connectivity index (χ3v) is 13.7. The predicted octanol–water partition coefficient (Wildman–Crippen LogP) is 16.4. The van der Waals surface area contributed by atoms with Crippen LogP contribution in [0.4, 0.5) is 17.1 Å². The molecule has 4 heterocycles. The molecule has 0 bridgehead atoms. The van der Waals surface area contributed by atoms with E-state index in [1.165, 1.54) is 93.1 Å². The molecule has 0 unspecified atom stereocenters. The monoisotopic (exact) mass is 817 g/mol. The minimum absolute atomic E-state index is 0.953. The molecule has 1 aliphatic rings. The van der Waals surface area contributed by atoms with Gasteiger partial charge in [0.15, 0.2) is 0 Å². The molecular formula is C60H39N3O. The number of fused-ring (bicyclic) bond motifs is 12. The SMILES string of the molecule is C1=Cc2c(oc3ccc(-c4ccc(N(c5ccc(-c6ccc7c8ccccc8n(-c8ccccc8)c7c6)cc5)c5cccc6c7cccc8c9ccccc9n(c56)c87)cc4)cc23)CC1. The fourth-order valence-corrected chi connectivity index (χ4v) is 10.8. The van der Waals surface area contributed by atoms with Gasteiger partial charge in [-0.05, 0) is 101 Å². The molecule has 4 heteroatoms. The summed E-state index contributed by atoms with van der Waals surface area (Å²) in [5.74, 6) is 1.09. The van der Waals surface area contributed by atoms with E-state index in [2.05, 4.69) is 226 Å². The summed E-state index contributed by atoms with van der Waals surface area (Å²) in [5, 5.41) is 8.76. The number of anilines is 3. The largest absolute Gasteiger partial charge is 0.460 e. The number of furan rings is 1. The lowest BCUT2D eigenvalue weighted by molar-refractivity contribution is 0.546. The third-order valence-electron chi connectivity index (χ3n) is 13.7. The molecule has 0 saturated heterocycles. The molecule has 64 heavy (non-hydrogen) atoms. The highest BCUT2D eigenvalue weighted by Crippen LogP contribution is 2.46. The summed E-state index contributed by atoms with van der Waals surface area (Å²) in [6, 6.07) is 73.5. The van der Waals surface area contributed by atoms with Gasteiger partial charge in [0.05, 0.1) is 33.3 Å². The Hall–Kier alpha value is -8.34. The van der Waals surface area contributed by atoms with Crippen molar-refractivity contribution in [3.63, 3.8) is 0 Å². The third kappa shape index (κ3) is 5.11. The molecule has 0 N–H and O–H groups in total. The quantitative estimate of drug-likeness (QED) is 0.167. The highest BCUT2D eigenvalue weighted by Gasteiger charge is 2.24. The highest BCUT2D eigenvalue weighted by atomic mass is 16.3. The summed E-state index contributed by atoms with van der Waals surface area (Å²) in [6.45, 7) is 0. The smallest absolute Gasteiger partial charge is 0.134 e. The molecule has 0 atom stereocenters. The van der Waals surface area contributed by atoms with E-state index >= 15 is 0 Å². The van der Waals surface area contributed by atoms with Gasteiger partial charge in [-0.2, -0.15) is 0 Å². The molecule has 0 amide bonds. The summed E-state index contributed by atoms with van der Waals surface area (Å²) in [6.07, 6.45) is 6.46. The molecule has 13 aromatic rings. The zero-order valence-electron chi connectivity index (χ0n) is 34.9.